The maximum absolute atomic E-state index is 12.5. The predicted molar refractivity (Wildman–Crippen MR) is 77.0 cm³/mol. The third-order valence-corrected chi connectivity index (χ3v) is 4.65. The number of methoxy groups -OCH3 is 1. The standard InChI is InChI=1S/C15H23N3O3/c1-3-4-12-10(7-16-18-12)15(19)17-13-9-5-6-21-14(9)11(13)8-20-2/h7,9,11,13-14H,3-6,8H2,1-2H3,(H,16,18)(H,17,19)/t9-,11+,13+,14-/m0/s1. The lowest BCUT2D eigenvalue weighted by Crippen LogP contribution is -2.62. The Labute approximate surface area is 124 Å². The number of ether oxygens (including phenoxy) is 2. The van der Waals surface area contributed by atoms with Crippen LogP contribution in [-0.2, 0) is 15.9 Å². The molecular weight excluding hydrogens is 270 g/mol. The maximum Gasteiger partial charge on any atom is 0.254 e. The molecule has 0 bridgehead atoms. The molecule has 2 N–H and O–H groups in total. The van der Waals surface area contributed by atoms with Crippen LogP contribution in [0.25, 0.3) is 0 Å². The number of carbonyl (C=O) groups excluding carboxylic acids is 1. The van der Waals surface area contributed by atoms with Crippen LogP contribution in [-0.4, -0.2) is 48.6 Å². The lowest BCUT2D eigenvalue weighted by molar-refractivity contribution is -0.0809. The molecule has 116 valence electrons. The Kier molecular flexibility index (Phi) is 4.26. The van der Waals surface area contributed by atoms with Gasteiger partial charge >= 0.3 is 0 Å². The topological polar surface area (TPSA) is 76.2 Å². The number of nitrogens with zero attached hydrogens (tertiary/aromatic N) is 1. The molecule has 1 aliphatic carbocycles. The van der Waals surface area contributed by atoms with E-state index in [9.17, 15) is 4.79 Å². The summed E-state index contributed by atoms with van der Waals surface area (Å²) in [5.41, 5.74) is 1.58. The average Bonchev–Trinajstić information content (AvgIpc) is 3.09. The van der Waals surface area contributed by atoms with Gasteiger partial charge in [0.15, 0.2) is 0 Å². The fourth-order valence-electron chi connectivity index (χ4n) is 3.61. The van der Waals surface area contributed by atoms with Crippen LogP contribution < -0.4 is 5.32 Å². The van der Waals surface area contributed by atoms with Gasteiger partial charge in [-0.25, -0.2) is 0 Å². The Balaban J connectivity index is 1.67. The van der Waals surface area contributed by atoms with Gasteiger partial charge in [-0.3, -0.25) is 9.89 Å². The Morgan fingerprint density at radius 2 is 2.48 bits per heavy atom. The number of carbonyl (C=O) groups is 1. The minimum Gasteiger partial charge on any atom is -0.384 e. The van der Waals surface area contributed by atoms with Gasteiger partial charge in [-0.05, 0) is 12.8 Å². The Hall–Kier alpha value is -1.40. The third kappa shape index (κ3) is 2.58. The maximum atomic E-state index is 12.5. The summed E-state index contributed by atoms with van der Waals surface area (Å²) in [5, 5.41) is 10.1. The van der Waals surface area contributed by atoms with Crippen molar-refractivity contribution < 1.29 is 14.3 Å². The third-order valence-electron chi connectivity index (χ3n) is 4.65. The molecule has 21 heavy (non-hydrogen) atoms. The van der Waals surface area contributed by atoms with Crippen molar-refractivity contribution in [1.29, 1.82) is 0 Å². The van der Waals surface area contributed by atoms with Crippen LogP contribution in [0.5, 0.6) is 0 Å². The second-order valence-corrected chi connectivity index (χ2v) is 5.92. The van der Waals surface area contributed by atoms with E-state index in [-0.39, 0.29) is 24.0 Å². The first-order chi connectivity index (χ1) is 10.3. The van der Waals surface area contributed by atoms with Gasteiger partial charge in [0.2, 0.25) is 0 Å². The zero-order chi connectivity index (χ0) is 14.8. The van der Waals surface area contributed by atoms with E-state index in [4.69, 9.17) is 9.47 Å². The van der Waals surface area contributed by atoms with E-state index in [1.54, 1.807) is 13.3 Å². The lowest BCUT2D eigenvalue weighted by Gasteiger charge is -2.47. The normalized spacial score (nSPS) is 30.8. The van der Waals surface area contributed by atoms with Crippen molar-refractivity contribution in [3.05, 3.63) is 17.5 Å². The highest BCUT2D eigenvalue weighted by molar-refractivity contribution is 5.95. The van der Waals surface area contributed by atoms with Gasteiger partial charge in [0, 0.05) is 37.3 Å². The number of amides is 1. The SMILES string of the molecule is CCCc1[nH]ncc1C(=O)N[C@H]1[C@@H](COC)[C@H]2OCC[C@@H]12. The summed E-state index contributed by atoms with van der Waals surface area (Å²) in [6, 6.07) is 0.148. The second-order valence-electron chi connectivity index (χ2n) is 5.92. The molecule has 0 spiro atoms. The first-order valence-electron chi connectivity index (χ1n) is 7.70. The van der Waals surface area contributed by atoms with Crippen LogP contribution in [0.1, 0.15) is 35.8 Å². The van der Waals surface area contributed by atoms with Crippen molar-refractivity contribution >= 4 is 5.91 Å². The van der Waals surface area contributed by atoms with Crippen LogP contribution in [0.3, 0.4) is 0 Å². The van der Waals surface area contributed by atoms with Gasteiger partial charge in [0.05, 0.1) is 24.5 Å². The van der Waals surface area contributed by atoms with Gasteiger partial charge < -0.3 is 14.8 Å². The number of hydrogen-bond acceptors (Lipinski definition) is 4. The van der Waals surface area contributed by atoms with E-state index in [1.165, 1.54) is 0 Å². The number of fused-ring (bicyclic) bond motifs is 1. The Morgan fingerprint density at radius 3 is 3.24 bits per heavy atom. The number of rotatable bonds is 6. The molecule has 0 unspecified atom stereocenters. The summed E-state index contributed by atoms with van der Waals surface area (Å²) in [4.78, 5) is 12.5. The molecule has 1 aromatic rings. The molecule has 1 amide bonds. The number of aromatic nitrogens is 2. The van der Waals surface area contributed by atoms with Crippen LogP contribution in [0.15, 0.2) is 6.20 Å². The lowest BCUT2D eigenvalue weighted by atomic mass is 9.67. The van der Waals surface area contributed by atoms with E-state index < -0.39 is 0 Å². The first kappa shape index (κ1) is 14.5. The molecule has 1 saturated carbocycles. The minimum absolute atomic E-state index is 0.0383. The van der Waals surface area contributed by atoms with Crippen molar-refractivity contribution in [1.82, 2.24) is 15.5 Å². The monoisotopic (exact) mass is 293 g/mol. The molecule has 0 aromatic carbocycles. The Morgan fingerprint density at radius 1 is 1.62 bits per heavy atom. The van der Waals surface area contributed by atoms with Gasteiger partial charge in [0.25, 0.3) is 5.91 Å². The molecule has 1 saturated heterocycles. The number of aryl methyl sites for hydroxylation is 1. The van der Waals surface area contributed by atoms with Crippen molar-refractivity contribution in [3.8, 4) is 0 Å². The summed E-state index contributed by atoms with van der Waals surface area (Å²) < 4.78 is 11.0. The van der Waals surface area contributed by atoms with E-state index >= 15 is 0 Å². The zero-order valence-corrected chi connectivity index (χ0v) is 12.6. The fourth-order valence-corrected chi connectivity index (χ4v) is 3.61. The highest BCUT2D eigenvalue weighted by Gasteiger charge is 2.54. The Bertz CT molecular complexity index is 502. The molecule has 1 aromatic heterocycles. The smallest absolute Gasteiger partial charge is 0.254 e. The van der Waals surface area contributed by atoms with Crippen molar-refractivity contribution in [3.63, 3.8) is 0 Å². The van der Waals surface area contributed by atoms with E-state index in [2.05, 4.69) is 22.4 Å². The summed E-state index contributed by atoms with van der Waals surface area (Å²) >= 11 is 0. The van der Waals surface area contributed by atoms with Crippen molar-refractivity contribution in [2.75, 3.05) is 20.3 Å². The van der Waals surface area contributed by atoms with Gasteiger partial charge in [0.1, 0.15) is 0 Å². The minimum atomic E-state index is -0.0383. The van der Waals surface area contributed by atoms with Crippen LogP contribution >= 0.6 is 0 Å². The van der Waals surface area contributed by atoms with Crippen LogP contribution in [0, 0.1) is 11.8 Å². The molecule has 6 heteroatoms. The van der Waals surface area contributed by atoms with Gasteiger partial charge in [-0.15, -0.1) is 0 Å². The fraction of sp³-hybridized carbons (Fsp3) is 0.733. The van der Waals surface area contributed by atoms with Crippen molar-refractivity contribution in [2.24, 2.45) is 11.8 Å². The number of H-pyrrole nitrogens is 1. The first-order valence-corrected chi connectivity index (χ1v) is 7.70. The van der Waals surface area contributed by atoms with Crippen LogP contribution in [0.4, 0.5) is 0 Å². The molecule has 4 atom stereocenters. The number of aromatic amines is 1. The summed E-state index contributed by atoms with van der Waals surface area (Å²) in [7, 11) is 1.69. The average molecular weight is 293 g/mol. The molecule has 3 rings (SSSR count). The van der Waals surface area contributed by atoms with E-state index in [0.717, 1.165) is 31.6 Å². The molecule has 6 nitrogen and oxygen atoms in total. The quantitative estimate of drug-likeness (QED) is 0.824. The molecule has 2 fully saturated rings. The molecule has 0 radical (unpaired) electrons. The van der Waals surface area contributed by atoms with E-state index in [1.807, 2.05) is 0 Å². The molecular formula is C15H23N3O3. The highest BCUT2D eigenvalue weighted by atomic mass is 16.5. The number of hydrogen-bond donors (Lipinski definition) is 2. The zero-order valence-electron chi connectivity index (χ0n) is 12.6. The highest BCUT2D eigenvalue weighted by Crippen LogP contribution is 2.43. The molecule has 1 aliphatic heterocycles. The summed E-state index contributed by atoms with van der Waals surface area (Å²) in [6.07, 6.45) is 4.70. The van der Waals surface area contributed by atoms with Gasteiger partial charge in [-0.2, -0.15) is 5.10 Å². The summed E-state index contributed by atoms with van der Waals surface area (Å²) in [6.45, 7) is 3.50. The van der Waals surface area contributed by atoms with Crippen molar-refractivity contribution in [2.45, 2.75) is 38.3 Å². The number of nitrogens with one attached hydrogen (secondary N) is 2. The molecule has 2 heterocycles. The molecule has 2 aliphatic rings. The predicted octanol–water partition coefficient (Wildman–Crippen LogP) is 1.14. The second kappa shape index (κ2) is 6.15. The van der Waals surface area contributed by atoms with Crippen LogP contribution in [0.2, 0.25) is 0 Å². The largest absolute Gasteiger partial charge is 0.384 e. The van der Waals surface area contributed by atoms with Gasteiger partial charge in [-0.1, -0.05) is 13.3 Å². The van der Waals surface area contributed by atoms with E-state index in [0.29, 0.717) is 18.1 Å². The summed E-state index contributed by atoms with van der Waals surface area (Å²) in [5.74, 6) is 0.646.